The van der Waals surface area contributed by atoms with Gasteiger partial charge in [0, 0.05) is 5.56 Å². The second-order valence-corrected chi connectivity index (χ2v) is 3.17. The Balaban J connectivity index is 3.15. The molecule has 0 bridgehead atoms. The molecule has 0 N–H and O–H groups in total. The van der Waals surface area contributed by atoms with Gasteiger partial charge in [-0.2, -0.15) is 0 Å². The predicted octanol–water partition coefficient (Wildman–Crippen LogP) is 2.60. The Morgan fingerprint density at radius 2 is 2.08 bits per heavy atom. The fraction of sp³-hybridized carbons (Fsp3) is 0.125. The molecule has 1 nitrogen and oxygen atoms in total. The third-order valence-corrected chi connectivity index (χ3v) is 2.11. The molecule has 0 aliphatic rings. The molecular weight excluding hydrogens is 230 g/mol. The molecule has 1 atom stereocenters. The summed E-state index contributed by atoms with van der Waals surface area (Å²) in [4.78, 5) is 9.45. The number of hydrogen-bond acceptors (Lipinski definition) is 1. The lowest BCUT2D eigenvalue weighted by molar-refractivity contribution is -0.107. The van der Waals surface area contributed by atoms with E-state index in [9.17, 15) is 13.6 Å². The number of carbonyl (C=O) groups excluding carboxylic acids is 1. The molecule has 0 heterocycles. The fourth-order valence-electron chi connectivity index (χ4n) is 0.807. The van der Waals surface area contributed by atoms with Crippen LogP contribution in [0.2, 0.25) is 0 Å². The van der Waals surface area contributed by atoms with Crippen LogP contribution in [-0.4, -0.2) is 6.29 Å². The molecule has 4 heteroatoms. The number of rotatable bonds is 2. The number of benzene rings is 1. The SMILES string of the molecule is O=C[C@@H](Br)c1cccc(F)c1F. The monoisotopic (exact) mass is 234 g/mol. The molecule has 0 aromatic heterocycles. The van der Waals surface area contributed by atoms with Gasteiger partial charge in [-0.1, -0.05) is 28.1 Å². The largest absolute Gasteiger partial charge is 0.302 e. The first-order valence-electron chi connectivity index (χ1n) is 3.20. The fourth-order valence-corrected chi connectivity index (χ4v) is 1.16. The summed E-state index contributed by atoms with van der Waals surface area (Å²) in [7, 11) is 0. The van der Waals surface area contributed by atoms with Gasteiger partial charge in [0.05, 0.1) is 4.83 Å². The molecule has 0 saturated heterocycles. The van der Waals surface area contributed by atoms with Gasteiger partial charge in [-0.3, -0.25) is 0 Å². The van der Waals surface area contributed by atoms with Crippen LogP contribution in [0.15, 0.2) is 18.2 Å². The topological polar surface area (TPSA) is 17.1 Å². The quantitative estimate of drug-likeness (QED) is 0.568. The van der Waals surface area contributed by atoms with Gasteiger partial charge in [0.25, 0.3) is 0 Å². The van der Waals surface area contributed by atoms with Crippen molar-refractivity contribution in [2.75, 3.05) is 0 Å². The first-order valence-corrected chi connectivity index (χ1v) is 4.11. The average molecular weight is 235 g/mol. The molecule has 0 amide bonds. The molecule has 0 spiro atoms. The van der Waals surface area contributed by atoms with Crippen LogP contribution in [0.5, 0.6) is 0 Å². The van der Waals surface area contributed by atoms with Crippen LogP contribution < -0.4 is 0 Å². The van der Waals surface area contributed by atoms with Crippen molar-refractivity contribution in [1.29, 1.82) is 0 Å². The number of alkyl halides is 1. The number of aldehydes is 1. The van der Waals surface area contributed by atoms with Crippen molar-refractivity contribution in [3.05, 3.63) is 35.4 Å². The lowest BCUT2D eigenvalue weighted by Gasteiger charge is -2.03. The van der Waals surface area contributed by atoms with E-state index in [1.807, 2.05) is 0 Å². The maximum atomic E-state index is 12.9. The molecule has 0 unspecified atom stereocenters. The Morgan fingerprint density at radius 3 is 2.67 bits per heavy atom. The molecule has 0 fully saturated rings. The van der Waals surface area contributed by atoms with Crippen molar-refractivity contribution in [3.63, 3.8) is 0 Å². The van der Waals surface area contributed by atoms with Crippen LogP contribution >= 0.6 is 15.9 Å². The van der Waals surface area contributed by atoms with Gasteiger partial charge in [-0.25, -0.2) is 8.78 Å². The summed E-state index contributed by atoms with van der Waals surface area (Å²) >= 11 is 2.90. The number of carbonyl (C=O) groups is 1. The zero-order valence-electron chi connectivity index (χ0n) is 5.93. The van der Waals surface area contributed by atoms with Crippen LogP contribution in [0.4, 0.5) is 8.78 Å². The third-order valence-electron chi connectivity index (χ3n) is 1.40. The zero-order chi connectivity index (χ0) is 9.14. The summed E-state index contributed by atoms with van der Waals surface area (Å²) in [6.45, 7) is 0. The highest BCUT2D eigenvalue weighted by Gasteiger charge is 2.13. The van der Waals surface area contributed by atoms with Gasteiger partial charge >= 0.3 is 0 Å². The van der Waals surface area contributed by atoms with Gasteiger partial charge in [0.1, 0.15) is 6.29 Å². The third kappa shape index (κ3) is 1.69. The minimum Gasteiger partial charge on any atom is -0.302 e. The van der Waals surface area contributed by atoms with Gasteiger partial charge < -0.3 is 4.79 Å². The lowest BCUT2D eigenvalue weighted by atomic mass is 10.1. The summed E-state index contributed by atoms with van der Waals surface area (Å²) in [6.07, 6.45) is 0.498. The van der Waals surface area contributed by atoms with Crippen molar-refractivity contribution >= 4 is 22.2 Å². The summed E-state index contributed by atoms with van der Waals surface area (Å²) in [5.41, 5.74) is 0.0185. The van der Waals surface area contributed by atoms with E-state index in [0.29, 0.717) is 6.29 Å². The van der Waals surface area contributed by atoms with E-state index in [1.165, 1.54) is 12.1 Å². The molecule has 0 aliphatic heterocycles. The van der Waals surface area contributed by atoms with E-state index in [1.54, 1.807) is 0 Å². The summed E-state index contributed by atoms with van der Waals surface area (Å²) in [5, 5.41) is 0. The maximum Gasteiger partial charge on any atom is 0.163 e. The van der Waals surface area contributed by atoms with E-state index in [0.717, 1.165) is 6.07 Å². The van der Waals surface area contributed by atoms with Crippen LogP contribution in [0.25, 0.3) is 0 Å². The zero-order valence-corrected chi connectivity index (χ0v) is 7.51. The molecule has 0 radical (unpaired) electrons. The molecule has 0 saturated carbocycles. The van der Waals surface area contributed by atoms with Crippen molar-refractivity contribution < 1.29 is 13.6 Å². The van der Waals surface area contributed by atoms with E-state index in [-0.39, 0.29) is 5.56 Å². The van der Waals surface area contributed by atoms with Crippen LogP contribution in [-0.2, 0) is 4.79 Å². The predicted molar refractivity (Wildman–Crippen MR) is 44.1 cm³/mol. The number of halogens is 3. The molecule has 1 aromatic rings. The Bertz CT molecular complexity index is 301. The van der Waals surface area contributed by atoms with Gasteiger partial charge in [0.2, 0.25) is 0 Å². The molecule has 0 aliphatic carbocycles. The van der Waals surface area contributed by atoms with Crippen LogP contribution in [0.1, 0.15) is 10.4 Å². The summed E-state index contributed by atoms with van der Waals surface area (Å²) in [5.74, 6) is -1.93. The molecule has 1 aromatic carbocycles. The van der Waals surface area contributed by atoms with Crippen LogP contribution in [0.3, 0.4) is 0 Å². The minimum atomic E-state index is -0.980. The van der Waals surface area contributed by atoms with E-state index in [2.05, 4.69) is 15.9 Å². The van der Waals surface area contributed by atoms with E-state index < -0.39 is 16.5 Å². The summed E-state index contributed by atoms with van der Waals surface area (Å²) < 4.78 is 25.4. The smallest absolute Gasteiger partial charge is 0.163 e. The molecule has 1 rings (SSSR count). The second kappa shape index (κ2) is 3.76. The Hall–Kier alpha value is -0.770. The summed E-state index contributed by atoms with van der Waals surface area (Å²) in [6, 6.07) is 3.71. The molecule has 64 valence electrons. The standard InChI is InChI=1S/C8H5BrF2O/c9-6(4-12)5-2-1-3-7(10)8(5)11/h1-4,6H/t6-/m1/s1. The second-order valence-electron chi connectivity index (χ2n) is 2.18. The highest BCUT2D eigenvalue weighted by molar-refractivity contribution is 9.09. The van der Waals surface area contributed by atoms with Crippen molar-refractivity contribution in [3.8, 4) is 0 Å². The number of hydrogen-bond donors (Lipinski definition) is 0. The highest BCUT2D eigenvalue weighted by atomic mass is 79.9. The Kier molecular flexibility index (Phi) is 2.92. The molecular formula is C8H5BrF2O. The minimum absolute atomic E-state index is 0.0185. The van der Waals surface area contributed by atoms with E-state index in [4.69, 9.17) is 0 Å². The normalized spacial score (nSPS) is 12.6. The van der Waals surface area contributed by atoms with Crippen LogP contribution in [0, 0.1) is 11.6 Å². The molecule has 12 heavy (non-hydrogen) atoms. The average Bonchev–Trinajstić information content (AvgIpc) is 2.08. The highest BCUT2D eigenvalue weighted by Crippen LogP contribution is 2.24. The van der Waals surface area contributed by atoms with Gasteiger partial charge in [0.15, 0.2) is 11.6 Å². The van der Waals surface area contributed by atoms with Crippen molar-refractivity contribution in [1.82, 2.24) is 0 Å². The Labute approximate surface area is 76.5 Å². The van der Waals surface area contributed by atoms with Crippen molar-refractivity contribution in [2.24, 2.45) is 0 Å². The van der Waals surface area contributed by atoms with Crippen molar-refractivity contribution in [2.45, 2.75) is 4.83 Å². The maximum absolute atomic E-state index is 12.9. The lowest BCUT2D eigenvalue weighted by Crippen LogP contribution is -1.97. The van der Waals surface area contributed by atoms with E-state index >= 15 is 0 Å². The first-order chi connectivity index (χ1) is 5.66. The van der Waals surface area contributed by atoms with Gasteiger partial charge in [-0.15, -0.1) is 0 Å². The first kappa shape index (κ1) is 9.32. The van der Waals surface area contributed by atoms with Gasteiger partial charge in [-0.05, 0) is 6.07 Å². The Morgan fingerprint density at radius 1 is 1.42 bits per heavy atom.